The van der Waals surface area contributed by atoms with Gasteiger partial charge in [-0.2, -0.15) is 0 Å². The maximum Gasteiger partial charge on any atom is 0.339 e. The van der Waals surface area contributed by atoms with Crippen LogP contribution in [0.4, 0.5) is 5.69 Å². The molecule has 130 valence electrons. The van der Waals surface area contributed by atoms with Crippen molar-refractivity contribution in [3.05, 3.63) is 66.4 Å². The van der Waals surface area contributed by atoms with Crippen LogP contribution in [-0.4, -0.2) is 36.3 Å². The van der Waals surface area contributed by atoms with Crippen molar-refractivity contribution in [1.82, 2.24) is 4.90 Å². The van der Waals surface area contributed by atoms with Crippen molar-refractivity contribution in [2.24, 2.45) is 0 Å². The third-order valence-electron chi connectivity index (χ3n) is 3.80. The SMILES string of the molecule is C=C/C(=C\C(=C)N1CCCC1=O)C(=O)Nc1ccccc1C(=O)OC. The average molecular weight is 340 g/mol. The van der Waals surface area contributed by atoms with Crippen molar-refractivity contribution in [1.29, 1.82) is 0 Å². The predicted molar refractivity (Wildman–Crippen MR) is 94.8 cm³/mol. The van der Waals surface area contributed by atoms with Crippen LogP contribution in [0.2, 0.25) is 0 Å². The molecular formula is C19H20N2O4. The summed E-state index contributed by atoms with van der Waals surface area (Å²) in [5, 5.41) is 2.66. The average Bonchev–Trinajstić information content (AvgIpc) is 3.05. The van der Waals surface area contributed by atoms with Gasteiger partial charge in [-0.3, -0.25) is 9.59 Å². The van der Waals surface area contributed by atoms with E-state index in [0.29, 0.717) is 24.4 Å². The normalized spacial score (nSPS) is 14.2. The number of esters is 1. The first kappa shape index (κ1) is 18.2. The topological polar surface area (TPSA) is 75.7 Å². The number of ether oxygens (including phenoxy) is 1. The minimum atomic E-state index is -0.549. The van der Waals surface area contributed by atoms with Gasteiger partial charge in [0.15, 0.2) is 0 Å². The molecular weight excluding hydrogens is 320 g/mol. The molecule has 0 spiro atoms. The Bertz CT molecular complexity index is 764. The van der Waals surface area contributed by atoms with Gasteiger partial charge in [0, 0.05) is 24.2 Å². The summed E-state index contributed by atoms with van der Waals surface area (Å²) in [5.74, 6) is -1.02. The van der Waals surface area contributed by atoms with Crippen molar-refractivity contribution in [3.8, 4) is 0 Å². The van der Waals surface area contributed by atoms with Crippen molar-refractivity contribution < 1.29 is 19.1 Å². The molecule has 1 heterocycles. The Hall–Kier alpha value is -3.15. The number of anilines is 1. The third-order valence-corrected chi connectivity index (χ3v) is 3.80. The van der Waals surface area contributed by atoms with Gasteiger partial charge in [0.2, 0.25) is 5.91 Å². The van der Waals surface area contributed by atoms with Crippen LogP contribution in [0.1, 0.15) is 23.2 Å². The van der Waals surface area contributed by atoms with E-state index in [1.807, 2.05) is 0 Å². The minimum absolute atomic E-state index is 0.0129. The van der Waals surface area contributed by atoms with Crippen LogP contribution >= 0.6 is 0 Å². The molecule has 0 unspecified atom stereocenters. The Morgan fingerprint density at radius 3 is 2.64 bits per heavy atom. The van der Waals surface area contributed by atoms with Crippen molar-refractivity contribution >= 4 is 23.5 Å². The zero-order valence-electron chi connectivity index (χ0n) is 14.1. The number of carbonyl (C=O) groups is 3. The summed E-state index contributed by atoms with van der Waals surface area (Å²) in [5.41, 5.74) is 1.25. The second kappa shape index (κ2) is 8.10. The van der Waals surface area contributed by atoms with E-state index in [1.165, 1.54) is 19.3 Å². The molecule has 0 aliphatic carbocycles. The van der Waals surface area contributed by atoms with Crippen LogP contribution < -0.4 is 5.32 Å². The van der Waals surface area contributed by atoms with Crippen molar-refractivity contribution in [3.63, 3.8) is 0 Å². The summed E-state index contributed by atoms with van der Waals surface area (Å²) in [6.07, 6.45) is 4.14. The summed E-state index contributed by atoms with van der Waals surface area (Å²) in [4.78, 5) is 37.6. The van der Waals surface area contributed by atoms with E-state index in [-0.39, 0.29) is 17.0 Å². The second-order valence-corrected chi connectivity index (χ2v) is 5.44. The summed E-state index contributed by atoms with van der Waals surface area (Å²) in [7, 11) is 1.27. The van der Waals surface area contributed by atoms with Crippen molar-refractivity contribution in [2.45, 2.75) is 12.8 Å². The van der Waals surface area contributed by atoms with Gasteiger partial charge in [0.05, 0.1) is 18.4 Å². The highest BCUT2D eigenvalue weighted by atomic mass is 16.5. The Balaban J connectivity index is 2.19. The summed E-state index contributed by atoms with van der Waals surface area (Å²) in [6.45, 7) is 8.07. The molecule has 1 aromatic rings. The maximum absolute atomic E-state index is 12.5. The summed E-state index contributed by atoms with van der Waals surface area (Å²) < 4.78 is 4.71. The highest BCUT2D eigenvalue weighted by Gasteiger charge is 2.22. The van der Waals surface area contributed by atoms with Gasteiger partial charge < -0.3 is 15.0 Å². The standard InChI is InChI=1S/C19H20N2O4/c1-4-14(12-13(2)21-11-7-10-17(21)22)18(23)20-16-9-6-5-8-15(16)19(24)25-3/h4-6,8-9,12H,1-2,7,10-11H2,3H3,(H,20,23)/b14-12+. The fourth-order valence-corrected chi connectivity index (χ4v) is 2.50. The van der Waals surface area contributed by atoms with Gasteiger partial charge in [-0.1, -0.05) is 31.4 Å². The summed E-state index contributed by atoms with van der Waals surface area (Å²) in [6, 6.07) is 6.53. The van der Waals surface area contributed by atoms with E-state index < -0.39 is 11.9 Å². The fraction of sp³-hybridized carbons (Fsp3) is 0.211. The van der Waals surface area contributed by atoms with Crippen LogP contribution in [0.25, 0.3) is 0 Å². The molecule has 0 atom stereocenters. The van der Waals surface area contributed by atoms with Gasteiger partial charge >= 0.3 is 5.97 Å². The molecule has 0 saturated carbocycles. The lowest BCUT2D eigenvalue weighted by molar-refractivity contribution is -0.125. The Morgan fingerprint density at radius 2 is 2.04 bits per heavy atom. The monoisotopic (exact) mass is 340 g/mol. The number of carbonyl (C=O) groups excluding carboxylic acids is 3. The first-order valence-electron chi connectivity index (χ1n) is 7.80. The Kier molecular flexibility index (Phi) is 5.89. The van der Waals surface area contributed by atoms with Crippen LogP contribution in [-0.2, 0) is 14.3 Å². The molecule has 6 heteroatoms. The number of benzene rings is 1. The minimum Gasteiger partial charge on any atom is -0.465 e. The molecule has 2 rings (SSSR count). The zero-order valence-corrected chi connectivity index (χ0v) is 14.1. The third kappa shape index (κ3) is 4.23. The quantitative estimate of drug-likeness (QED) is 0.491. The highest BCUT2D eigenvalue weighted by molar-refractivity contribution is 6.09. The number of hydrogen-bond acceptors (Lipinski definition) is 4. The predicted octanol–water partition coefficient (Wildman–Crippen LogP) is 2.66. The first-order valence-corrected chi connectivity index (χ1v) is 7.80. The largest absolute Gasteiger partial charge is 0.465 e. The van der Waals surface area contributed by atoms with Gasteiger partial charge in [0.1, 0.15) is 0 Å². The van der Waals surface area contributed by atoms with E-state index in [4.69, 9.17) is 4.74 Å². The lowest BCUT2D eigenvalue weighted by atomic mass is 10.1. The molecule has 2 amide bonds. The van der Waals surface area contributed by atoms with Crippen LogP contribution in [0.15, 0.2) is 60.8 Å². The van der Waals surface area contributed by atoms with Gasteiger partial charge in [0.25, 0.3) is 5.91 Å². The molecule has 1 saturated heterocycles. The van der Waals surface area contributed by atoms with E-state index in [0.717, 1.165) is 6.42 Å². The van der Waals surface area contributed by atoms with E-state index >= 15 is 0 Å². The number of methoxy groups -OCH3 is 1. The molecule has 25 heavy (non-hydrogen) atoms. The van der Waals surface area contributed by atoms with Gasteiger partial charge in [-0.05, 0) is 24.6 Å². The highest BCUT2D eigenvalue weighted by Crippen LogP contribution is 2.20. The molecule has 1 aliphatic heterocycles. The number of nitrogens with one attached hydrogen (secondary N) is 1. The van der Waals surface area contributed by atoms with E-state index in [1.54, 1.807) is 29.2 Å². The number of allylic oxidation sites excluding steroid dienone is 1. The Morgan fingerprint density at radius 1 is 1.32 bits per heavy atom. The van der Waals surface area contributed by atoms with Gasteiger partial charge in [-0.15, -0.1) is 0 Å². The smallest absolute Gasteiger partial charge is 0.339 e. The molecule has 1 aromatic carbocycles. The van der Waals surface area contributed by atoms with Crippen LogP contribution in [0.5, 0.6) is 0 Å². The number of rotatable bonds is 6. The summed E-state index contributed by atoms with van der Waals surface area (Å²) >= 11 is 0. The molecule has 0 aromatic heterocycles. The maximum atomic E-state index is 12.5. The van der Waals surface area contributed by atoms with Gasteiger partial charge in [-0.25, -0.2) is 4.79 Å². The Labute approximate surface area is 146 Å². The molecule has 6 nitrogen and oxygen atoms in total. The number of amides is 2. The van der Waals surface area contributed by atoms with Crippen LogP contribution in [0, 0.1) is 0 Å². The number of para-hydroxylation sites is 1. The van der Waals surface area contributed by atoms with Crippen molar-refractivity contribution in [2.75, 3.05) is 19.0 Å². The van der Waals surface area contributed by atoms with Crippen LogP contribution in [0.3, 0.4) is 0 Å². The second-order valence-electron chi connectivity index (χ2n) is 5.44. The van der Waals surface area contributed by atoms with E-state index in [2.05, 4.69) is 18.5 Å². The number of likely N-dealkylation sites (tertiary alicyclic amines) is 1. The molecule has 1 aliphatic rings. The zero-order chi connectivity index (χ0) is 18.4. The molecule has 0 bridgehead atoms. The molecule has 1 fully saturated rings. The number of hydrogen-bond donors (Lipinski definition) is 1. The molecule has 0 radical (unpaired) electrons. The fourth-order valence-electron chi connectivity index (χ4n) is 2.50. The molecule has 1 N–H and O–H groups in total. The lowest BCUT2D eigenvalue weighted by Gasteiger charge is -2.16. The number of nitrogens with zero attached hydrogens (tertiary/aromatic N) is 1. The lowest BCUT2D eigenvalue weighted by Crippen LogP contribution is -2.23. The van der Waals surface area contributed by atoms with E-state index in [9.17, 15) is 14.4 Å². The first-order chi connectivity index (χ1) is 12.0.